The minimum Gasteiger partial charge on any atom is -0.497 e. The van der Waals surface area contributed by atoms with Gasteiger partial charge in [-0.1, -0.05) is 12.1 Å². The summed E-state index contributed by atoms with van der Waals surface area (Å²) >= 11 is 0. The first kappa shape index (κ1) is 16.2. The minimum atomic E-state index is -0.0341. The van der Waals surface area contributed by atoms with Gasteiger partial charge in [0.25, 0.3) is 0 Å². The summed E-state index contributed by atoms with van der Waals surface area (Å²) in [6.45, 7) is 2.06. The molecule has 0 saturated carbocycles. The highest BCUT2D eigenvalue weighted by atomic mass is 16.5. The Balaban J connectivity index is 1.56. The van der Waals surface area contributed by atoms with Crippen molar-refractivity contribution in [3.05, 3.63) is 48.3 Å². The van der Waals surface area contributed by atoms with E-state index in [2.05, 4.69) is 20.2 Å². The molecular weight excluding hydrogens is 304 g/mol. The molecule has 1 aromatic heterocycles. The van der Waals surface area contributed by atoms with E-state index in [4.69, 9.17) is 4.74 Å². The topological polar surface area (TPSA) is 67.3 Å². The fourth-order valence-corrected chi connectivity index (χ4v) is 2.94. The zero-order valence-electron chi connectivity index (χ0n) is 13.8. The van der Waals surface area contributed by atoms with E-state index in [1.807, 2.05) is 24.3 Å². The minimum absolute atomic E-state index is 0.0341. The quantitative estimate of drug-likeness (QED) is 0.910. The smallest absolute Gasteiger partial charge is 0.225 e. The summed E-state index contributed by atoms with van der Waals surface area (Å²) in [7, 11) is 1.64. The van der Waals surface area contributed by atoms with Gasteiger partial charge in [-0.25, -0.2) is 9.97 Å². The highest BCUT2D eigenvalue weighted by molar-refractivity contribution is 5.79. The second kappa shape index (κ2) is 7.77. The van der Waals surface area contributed by atoms with Crippen molar-refractivity contribution >= 4 is 11.9 Å². The number of rotatable bonds is 5. The van der Waals surface area contributed by atoms with Gasteiger partial charge in [-0.3, -0.25) is 4.79 Å². The third kappa shape index (κ3) is 4.01. The molecule has 6 nitrogen and oxygen atoms in total. The summed E-state index contributed by atoms with van der Waals surface area (Å²) < 4.78 is 5.21. The summed E-state index contributed by atoms with van der Waals surface area (Å²) in [5.41, 5.74) is 1.03. The second-order valence-corrected chi connectivity index (χ2v) is 5.90. The molecular formula is C18H22N4O2. The molecule has 0 aliphatic carbocycles. The van der Waals surface area contributed by atoms with Gasteiger partial charge in [-0.05, 0) is 36.6 Å². The molecule has 1 fully saturated rings. The standard InChI is InChI=1S/C18H22N4O2/c1-24-16-7-2-5-14(11-16)12-21-17(23)15-6-3-10-22(13-15)18-19-8-4-9-20-18/h2,4-5,7-9,11,15H,3,6,10,12-13H2,1H3,(H,21,23)/t15-/m1/s1. The van der Waals surface area contributed by atoms with E-state index in [1.54, 1.807) is 25.6 Å². The molecule has 24 heavy (non-hydrogen) atoms. The maximum atomic E-state index is 12.5. The van der Waals surface area contributed by atoms with Crippen molar-refractivity contribution in [2.45, 2.75) is 19.4 Å². The van der Waals surface area contributed by atoms with Gasteiger partial charge in [0, 0.05) is 32.0 Å². The lowest BCUT2D eigenvalue weighted by atomic mass is 9.97. The number of amides is 1. The van der Waals surface area contributed by atoms with E-state index in [-0.39, 0.29) is 11.8 Å². The molecule has 3 rings (SSSR count). The van der Waals surface area contributed by atoms with Crippen LogP contribution >= 0.6 is 0 Å². The number of nitrogens with one attached hydrogen (secondary N) is 1. The largest absolute Gasteiger partial charge is 0.497 e. The van der Waals surface area contributed by atoms with Gasteiger partial charge in [0.05, 0.1) is 13.0 Å². The van der Waals surface area contributed by atoms with Gasteiger partial charge in [0.15, 0.2) is 0 Å². The van der Waals surface area contributed by atoms with Gasteiger partial charge in [0.1, 0.15) is 5.75 Å². The number of methoxy groups -OCH3 is 1. The summed E-state index contributed by atoms with van der Waals surface area (Å²) in [6.07, 6.45) is 5.33. The number of carbonyl (C=O) groups is 1. The number of nitrogens with zero attached hydrogens (tertiary/aromatic N) is 3. The predicted molar refractivity (Wildman–Crippen MR) is 91.8 cm³/mol. The van der Waals surface area contributed by atoms with Gasteiger partial charge >= 0.3 is 0 Å². The number of hydrogen-bond acceptors (Lipinski definition) is 5. The van der Waals surface area contributed by atoms with Crippen molar-refractivity contribution in [2.75, 3.05) is 25.1 Å². The SMILES string of the molecule is COc1cccc(CNC(=O)[C@@H]2CCCN(c3ncccn3)C2)c1. The Labute approximate surface area is 141 Å². The second-order valence-electron chi connectivity index (χ2n) is 5.90. The molecule has 1 amide bonds. The summed E-state index contributed by atoms with van der Waals surface area (Å²) in [5.74, 6) is 1.54. The lowest BCUT2D eigenvalue weighted by Gasteiger charge is -2.31. The Hall–Kier alpha value is -2.63. The third-order valence-corrected chi connectivity index (χ3v) is 4.23. The molecule has 0 bridgehead atoms. The van der Waals surface area contributed by atoms with Crippen LogP contribution in [0.5, 0.6) is 5.75 Å². The molecule has 0 unspecified atom stereocenters. The number of ether oxygens (including phenoxy) is 1. The van der Waals surface area contributed by atoms with Gasteiger partial charge < -0.3 is 15.0 Å². The van der Waals surface area contributed by atoms with E-state index < -0.39 is 0 Å². The number of aromatic nitrogens is 2. The Morgan fingerprint density at radius 3 is 2.96 bits per heavy atom. The number of anilines is 1. The van der Waals surface area contributed by atoms with Gasteiger partial charge in [-0.15, -0.1) is 0 Å². The molecule has 6 heteroatoms. The molecule has 126 valence electrons. The van der Waals surface area contributed by atoms with E-state index >= 15 is 0 Å². The lowest BCUT2D eigenvalue weighted by Crippen LogP contribution is -2.43. The maximum absolute atomic E-state index is 12.5. The van der Waals surface area contributed by atoms with Crippen LogP contribution in [-0.4, -0.2) is 36.1 Å². The Kier molecular flexibility index (Phi) is 5.25. The van der Waals surface area contributed by atoms with Gasteiger partial charge in [0.2, 0.25) is 11.9 Å². The highest BCUT2D eigenvalue weighted by Crippen LogP contribution is 2.20. The van der Waals surface area contributed by atoms with Crippen LogP contribution in [0.2, 0.25) is 0 Å². The van der Waals surface area contributed by atoms with E-state index in [9.17, 15) is 4.79 Å². The maximum Gasteiger partial charge on any atom is 0.225 e. The molecule has 0 radical (unpaired) electrons. The Morgan fingerprint density at radius 1 is 1.33 bits per heavy atom. The molecule has 0 spiro atoms. The van der Waals surface area contributed by atoms with Crippen molar-refractivity contribution in [1.82, 2.24) is 15.3 Å². The average molecular weight is 326 g/mol. The van der Waals surface area contributed by atoms with Crippen molar-refractivity contribution in [3.63, 3.8) is 0 Å². The zero-order chi connectivity index (χ0) is 16.8. The number of carbonyl (C=O) groups excluding carboxylic acids is 1. The molecule has 1 saturated heterocycles. The van der Waals surface area contributed by atoms with Crippen LogP contribution in [0.15, 0.2) is 42.7 Å². The molecule has 1 atom stereocenters. The van der Waals surface area contributed by atoms with Crippen LogP contribution in [0, 0.1) is 5.92 Å². The number of hydrogen-bond donors (Lipinski definition) is 1. The van der Waals surface area contributed by atoms with Crippen molar-refractivity contribution < 1.29 is 9.53 Å². The first-order valence-electron chi connectivity index (χ1n) is 8.19. The Morgan fingerprint density at radius 2 is 2.17 bits per heavy atom. The summed E-state index contributed by atoms with van der Waals surface area (Å²) in [6, 6.07) is 9.53. The van der Waals surface area contributed by atoms with E-state index in [0.717, 1.165) is 30.7 Å². The molecule has 1 aromatic carbocycles. The molecule has 1 N–H and O–H groups in total. The molecule has 1 aliphatic heterocycles. The number of benzene rings is 1. The predicted octanol–water partition coefficient (Wildman–Crippen LogP) is 2.02. The highest BCUT2D eigenvalue weighted by Gasteiger charge is 2.26. The van der Waals surface area contributed by atoms with Crippen LogP contribution in [-0.2, 0) is 11.3 Å². The van der Waals surface area contributed by atoms with Crippen LogP contribution in [0.1, 0.15) is 18.4 Å². The van der Waals surface area contributed by atoms with Crippen LogP contribution in [0.3, 0.4) is 0 Å². The van der Waals surface area contributed by atoms with Crippen molar-refractivity contribution in [2.24, 2.45) is 5.92 Å². The monoisotopic (exact) mass is 326 g/mol. The van der Waals surface area contributed by atoms with Crippen LogP contribution < -0.4 is 15.0 Å². The lowest BCUT2D eigenvalue weighted by molar-refractivity contribution is -0.125. The number of piperidine rings is 1. The molecule has 2 heterocycles. The Bertz CT molecular complexity index is 678. The van der Waals surface area contributed by atoms with Crippen LogP contribution in [0.4, 0.5) is 5.95 Å². The third-order valence-electron chi connectivity index (χ3n) is 4.23. The first-order chi connectivity index (χ1) is 11.8. The van der Waals surface area contributed by atoms with E-state index in [0.29, 0.717) is 19.0 Å². The zero-order valence-corrected chi connectivity index (χ0v) is 13.8. The fraction of sp³-hybridized carbons (Fsp3) is 0.389. The normalized spacial score (nSPS) is 17.4. The first-order valence-corrected chi connectivity index (χ1v) is 8.19. The van der Waals surface area contributed by atoms with Crippen LogP contribution in [0.25, 0.3) is 0 Å². The molecule has 2 aromatic rings. The fourth-order valence-electron chi connectivity index (χ4n) is 2.94. The summed E-state index contributed by atoms with van der Waals surface area (Å²) in [5, 5.41) is 3.03. The van der Waals surface area contributed by atoms with Crippen molar-refractivity contribution in [1.29, 1.82) is 0 Å². The van der Waals surface area contributed by atoms with Crippen molar-refractivity contribution in [3.8, 4) is 5.75 Å². The van der Waals surface area contributed by atoms with E-state index in [1.165, 1.54) is 0 Å². The molecule has 1 aliphatic rings. The summed E-state index contributed by atoms with van der Waals surface area (Å²) in [4.78, 5) is 23.1. The average Bonchev–Trinajstić information content (AvgIpc) is 2.67. The van der Waals surface area contributed by atoms with Gasteiger partial charge in [-0.2, -0.15) is 0 Å².